The van der Waals surface area contributed by atoms with E-state index in [1.54, 1.807) is 0 Å². The van der Waals surface area contributed by atoms with Crippen LogP contribution < -0.4 is 16.4 Å². The first kappa shape index (κ1) is 15.6. The molecule has 2 bridgehead atoms. The molecular formula is C17H25N5O2. The molecule has 130 valence electrons. The van der Waals surface area contributed by atoms with Crippen LogP contribution in [-0.2, 0) is 0 Å². The van der Waals surface area contributed by atoms with Crippen LogP contribution in [0.25, 0.3) is 0 Å². The molecule has 7 heteroatoms. The van der Waals surface area contributed by atoms with Gasteiger partial charge in [-0.15, -0.1) is 0 Å². The Labute approximate surface area is 141 Å². The number of nitrogens with zero attached hydrogens (tertiary/aromatic N) is 2. The van der Waals surface area contributed by atoms with E-state index in [2.05, 4.69) is 20.6 Å². The minimum Gasteiger partial charge on any atom is -0.393 e. The Bertz CT molecular complexity index is 630. The van der Waals surface area contributed by atoms with Gasteiger partial charge < -0.3 is 21.5 Å². The Morgan fingerprint density at radius 1 is 1.25 bits per heavy atom. The predicted octanol–water partition coefficient (Wildman–Crippen LogP) is 1.65. The molecule has 4 fully saturated rings. The number of carbonyl (C=O) groups is 1. The van der Waals surface area contributed by atoms with Gasteiger partial charge in [-0.25, -0.2) is 4.98 Å². The van der Waals surface area contributed by atoms with Crippen LogP contribution in [0.2, 0.25) is 0 Å². The van der Waals surface area contributed by atoms with E-state index in [1.807, 2.05) is 0 Å². The molecule has 4 saturated carbocycles. The summed E-state index contributed by atoms with van der Waals surface area (Å²) in [4.78, 5) is 20.5. The molecule has 0 aromatic carbocycles. The summed E-state index contributed by atoms with van der Waals surface area (Å²) in [6.07, 6.45) is 9.40. The summed E-state index contributed by atoms with van der Waals surface area (Å²) >= 11 is 0. The van der Waals surface area contributed by atoms with Gasteiger partial charge in [0, 0.05) is 17.8 Å². The molecule has 24 heavy (non-hydrogen) atoms. The highest BCUT2D eigenvalue weighted by atomic mass is 16.3. The van der Waals surface area contributed by atoms with Gasteiger partial charge in [0.05, 0.1) is 11.7 Å². The molecule has 4 aliphatic carbocycles. The first-order valence-electron chi connectivity index (χ1n) is 8.93. The fourth-order valence-electron chi connectivity index (χ4n) is 4.48. The number of primary amides is 1. The molecule has 0 aliphatic heterocycles. The number of hydrogen-bond acceptors (Lipinski definition) is 6. The number of aliphatic hydroxyl groups excluding tert-OH is 1. The van der Waals surface area contributed by atoms with Gasteiger partial charge in [-0.1, -0.05) is 0 Å². The van der Waals surface area contributed by atoms with Crippen molar-refractivity contribution in [3.8, 4) is 0 Å². The number of aromatic nitrogens is 2. The zero-order valence-corrected chi connectivity index (χ0v) is 13.8. The van der Waals surface area contributed by atoms with Crippen molar-refractivity contribution < 1.29 is 9.90 Å². The summed E-state index contributed by atoms with van der Waals surface area (Å²) in [6.45, 7) is 0. The lowest BCUT2D eigenvalue weighted by Crippen LogP contribution is -2.43. The topological polar surface area (TPSA) is 113 Å². The molecule has 1 aromatic heterocycles. The SMILES string of the molecule is NC(=O)c1cnc(N[C@H]2CC[C@H](O)CC2)nc1NC12CCC(C1)C2. The molecule has 1 heterocycles. The third-order valence-electron chi connectivity index (χ3n) is 5.86. The quantitative estimate of drug-likeness (QED) is 0.652. The Morgan fingerprint density at radius 3 is 2.62 bits per heavy atom. The van der Waals surface area contributed by atoms with Crippen molar-refractivity contribution in [3.63, 3.8) is 0 Å². The molecule has 1 amide bonds. The van der Waals surface area contributed by atoms with Crippen molar-refractivity contribution in [2.45, 2.75) is 69.1 Å². The highest BCUT2D eigenvalue weighted by molar-refractivity contribution is 5.97. The number of rotatable bonds is 5. The maximum absolute atomic E-state index is 11.7. The number of aliphatic hydroxyl groups is 1. The largest absolute Gasteiger partial charge is 0.393 e. The second kappa shape index (κ2) is 5.88. The number of nitrogens with two attached hydrogens (primary N) is 1. The lowest BCUT2D eigenvalue weighted by molar-refractivity contribution is 0.1000. The van der Waals surface area contributed by atoms with E-state index in [0.717, 1.165) is 50.9 Å². The fourth-order valence-corrected chi connectivity index (χ4v) is 4.48. The fraction of sp³-hybridized carbons (Fsp3) is 0.706. The van der Waals surface area contributed by atoms with Crippen molar-refractivity contribution in [1.82, 2.24) is 9.97 Å². The van der Waals surface area contributed by atoms with Crippen molar-refractivity contribution in [1.29, 1.82) is 0 Å². The van der Waals surface area contributed by atoms with Crippen LogP contribution in [0.15, 0.2) is 6.20 Å². The molecule has 0 spiro atoms. The van der Waals surface area contributed by atoms with Crippen molar-refractivity contribution >= 4 is 17.7 Å². The van der Waals surface area contributed by atoms with E-state index in [4.69, 9.17) is 5.73 Å². The van der Waals surface area contributed by atoms with E-state index in [0.29, 0.717) is 17.3 Å². The van der Waals surface area contributed by atoms with E-state index in [9.17, 15) is 9.90 Å². The molecule has 0 atom stereocenters. The number of fused-ring (bicyclic) bond motifs is 1. The highest BCUT2D eigenvalue weighted by Gasteiger charge is 2.50. The van der Waals surface area contributed by atoms with Crippen LogP contribution in [0.3, 0.4) is 0 Å². The van der Waals surface area contributed by atoms with E-state index in [-0.39, 0.29) is 17.7 Å². The van der Waals surface area contributed by atoms with Gasteiger partial charge in [-0.3, -0.25) is 4.79 Å². The zero-order chi connectivity index (χ0) is 16.7. The van der Waals surface area contributed by atoms with Gasteiger partial charge in [-0.05, 0) is 57.3 Å². The first-order valence-corrected chi connectivity index (χ1v) is 8.93. The summed E-state index contributed by atoms with van der Waals surface area (Å²) in [6, 6.07) is 0.262. The Morgan fingerprint density at radius 2 is 2.00 bits per heavy atom. The van der Waals surface area contributed by atoms with Crippen molar-refractivity contribution in [2.24, 2.45) is 11.7 Å². The highest BCUT2D eigenvalue weighted by Crippen LogP contribution is 2.53. The van der Waals surface area contributed by atoms with Gasteiger partial charge in [0.15, 0.2) is 0 Å². The van der Waals surface area contributed by atoms with Crippen LogP contribution in [0.5, 0.6) is 0 Å². The van der Waals surface area contributed by atoms with E-state index in [1.165, 1.54) is 12.6 Å². The molecule has 5 N–H and O–H groups in total. The first-order chi connectivity index (χ1) is 11.5. The number of anilines is 2. The third-order valence-corrected chi connectivity index (χ3v) is 5.86. The maximum atomic E-state index is 11.7. The number of carbonyl (C=O) groups excluding carboxylic acids is 1. The Balaban J connectivity index is 1.51. The van der Waals surface area contributed by atoms with Crippen LogP contribution in [-0.4, -0.2) is 38.7 Å². The van der Waals surface area contributed by atoms with Gasteiger partial charge in [-0.2, -0.15) is 4.98 Å². The summed E-state index contributed by atoms with van der Waals surface area (Å²) in [7, 11) is 0. The smallest absolute Gasteiger partial charge is 0.254 e. The standard InChI is InChI=1S/C17H25N5O2/c18-14(24)13-9-19-16(20-11-1-3-12(23)4-2-11)21-15(13)22-17-6-5-10(7-17)8-17/h9-12,23H,1-8H2,(H2,18,24)(H2,19,20,21,22)/t10?,11-,12-,17?. The second-order valence-electron chi connectivity index (χ2n) is 7.69. The molecule has 7 nitrogen and oxygen atoms in total. The minimum absolute atomic E-state index is 0.0927. The monoisotopic (exact) mass is 331 g/mol. The predicted molar refractivity (Wildman–Crippen MR) is 90.7 cm³/mol. The summed E-state index contributed by atoms with van der Waals surface area (Å²) in [5.41, 5.74) is 5.93. The van der Waals surface area contributed by atoms with E-state index >= 15 is 0 Å². The lowest BCUT2D eigenvalue weighted by Gasteiger charge is -2.40. The normalized spacial score (nSPS) is 34.5. The average molecular weight is 331 g/mol. The lowest BCUT2D eigenvalue weighted by atomic mass is 9.77. The minimum atomic E-state index is -0.505. The van der Waals surface area contributed by atoms with Gasteiger partial charge in [0.1, 0.15) is 5.82 Å². The van der Waals surface area contributed by atoms with Gasteiger partial charge >= 0.3 is 0 Å². The third kappa shape index (κ3) is 2.92. The molecule has 0 unspecified atom stereocenters. The molecule has 0 saturated heterocycles. The van der Waals surface area contributed by atoms with Crippen LogP contribution in [0.1, 0.15) is 61.7 Å². The Kier molecular flexibility index (Phi) is 3.83. The number of nitrogens with one attached hydrogen (secondary N) is 2. The maximum Gasteiger partial charge on any atom is 0.254 e. The average Bonchev–Trinajstić information content (AvgIpc) is 3.10. The summed E-state index contributed by atoms with van der Waals surface area (Å²) in [5, 5.41) is 16.4. The molecular weight excluding hydrogens is 306 g/mol. The van der Waals surface area contributed by atoms with Crippen LogP contribution >= 0.6 is 0 Å². The Hall–Kier alpha value is -1.89. The van der Waals surface area contributed by atoms with E-state index < -0.39 is 5.91 Å². The summed E-state index contributed by atoms with van der Waals surface area (Å²) in [5.74, 6) is 1.39. The zero-order valence-electron chi connectivity index (χ0n) is 13.8. The second-order valence-corrected chi connectivity index (χ2v) is 7.69. The number of hydrogen-bond donors (Lipinski definition) is 4. The van der Waals surface area contributed by atoms with Crippen molar-refractivity contribution in [3.05, 3.63) is 11.8 Å². The molecule has 0 radical (unpaired) electrons. The van der Waals surface area contributed by atoms with Gasteiger partial charge in [0.25, 0.3) is 5.91 Å². The molecule has 1 aromatic rings. The van der Waals surface area contributed by atoms with Crippen molar-refractivity contribution in [2.75, 3.05) is 10.6 Å². The molecule has 5 rings (SSSR count). The van der Waals surface area contributed by atoms with Crippen LogP contribution in [0, 0.1) is 5.92 Å². The van der Waals surface area contributed by atoms with Gasteiger partial charge in [0.2, 0.25) is 5.95 Å². The van der Waals surface area contributed by atoms with Crippen LogP contribution in [0.4, 0.5) is 11.8 Å². The molecule has 4 aliphatic rings. The summed E-state index contributed by atoms with van der Waals surface area (Å²) < 4.78 is 0. The number of amides is 1.